The van der Waals surface area contributed by atoms with Crippen molar-refractivity contribution in [3.63, 3.8) is 0 Å². The van der Waals surface area contributed by atoms with E-state index < -0.39 is 24.0 Å². The number of nitrogens with two attached hydrogens (primary N) is 1. The van der Waals surface area contributed by atoms with Gasteiger partial charge in [0.2, 0.25) is 0 Å². The molecule has 0 fully saturated rings. The zero-order valence-electron chi connectivity index (χ0n) is 12.8. The molecule has 0 aromatic carbocycles. The summed E-state index contributed by atoms with van der Waals surface area (Å²) in [5.74, 6) is -1.31. The number of esters is 1. The molecule has 0 aliphatic rings. The Hall–Kier alpha value is -2.09. The number of nitrogens with zero attached hydrogens (tertiary/aromatic N) is 2. The number of aryl methyl sites for hydroxylation is 1. The Morgan fingerprint density at radius 3 is 2.45 bits per heavy atom. The number of hydrogen-bond acceptors (Lipinski definition) is 5. The molecule has 0 aliphatic carbocycles. The van der Waals surface area contributed by atoms with Gasteiger partial charge < -0.3 is 10.5 Å². The van der Waals surface area contributed by atoms with Gasteiger partial charge in [0, 0.05) is 6.54 Å². The van der Waals surface area contributed by atoms with Gasteiger partial charge in [0.05, 0.1) is 5.69 Å². The van der Waals surface area contributed by atoms with Crippen molar-refractivity contribution in [2.24, 2.45) is 11.7 Å². The second kappa shape index (κ2) is 7.26. The molecule has 1 heterocycles. The van der Waals surface area contributed by atoms with Crippen molar-refractivity contribution in [1.82, 2.24) is 15.1 Å². The third-order valence-corrected chi connectivity index (χ3v) is 3.09. The van der Waals surface area contributed by atoms with Crippen LogP contribution in [-0.2, 0) is 16.1 Å². The number of aromatic nitrogens is 2. The zero-order valence-corrected chi connectivity index (χ0v) is 13.6. The van der Waals surface area contributed by atoms with Crippen molar-refractivity contribution >= 4 is 29.5 Å². The molecule has 122 valence electrons. The first-order valence-corrected chi connectivity index (χ1v) is 7.05. The summed E-state index contributed by atoms with van der Waals surface area (Å²) in [6.45, 7) is 7.46. The standard InChI is InChI=1S/C13H19ClN4O4/c1-6(2)5-18-10(14)9(7(3)17-18)12(20)22-8(4)11(19)16-13(15)21/h6,8H,5H2,1-4H3,(H3,15,16,19,21)/t8-/m0/s1. The van der Waals surface area contributed by atoms with Gasteiger partial charge in [-0.2, -0.15) is 5.10 Å². The number of primary amides is 1. The second-order valence-electron chi connectivity index (χ2n) is 5.23. The van der Waals surface area contributed by atoms with Crippen molar-refractivity contribution in [2.75, 3.05) is 0 Å². The fourth-order valence-electron chi connectivity index (χ4n) is 1.75. The van der Waals surface area contributed by atoms with E-state index in [1.807, 2.05) is 19.2 Å². The molecule has 0 spiro atoms. The maximum absolute atomic E-state index is 12.1. The lowest BCUT2D eigenvalue weighted by Crippen LogP contribution is -2.42. The quantitative estimate of drug-likeness (QED) is 0.788. The highest BCUT2D eigenvalue weighted by Crippen LogP contribution is 2.22. The van der Waals surface area contributed by atoms with Crippen LogP contribution in [0.3, 0.4) is 0 Å². The van der Waals surface area contributed by atoms with Crippen LogP contribution in [0, 0.1) is 12.8 Å². The van der Waals surface area contributed by atoms with Crippen molar-refractivity contribution in [3.8, 4) is 0 Å². The summed E-state index contributed by atoms with van der Waals surface area (Å²) in [5.41, 5.74) is 5.32. The van der Waals surface area contributed by atoms with Crippen molar-refractivity contribution in [2.45, 2.75) is 40.3 Å². The molecule has 3 N–H and O–H groups in total. The van der Waals surface area contributed by atoms with Crippen LogP contribution in [0.15, 0.2) is 0 Å². The van der Waals surface area contributed by atoms with Gasteiger partial charge in [-0.25, -0.2) is 9.59 Å². The average Bonchev–Trinajstić information content (AvgIpc) is 2.62. The summed E-state index contributed by atoms with van der Waals surface area (Å²) in [7, 11) is 0. The molecule has 22 heavy (non-hydrogen) atoms. The van der Waals surface area contributed by atoms with Crippen LogP contribution >= 0.6 is 11.6 Å². The van der Waals surface area contributed by atoms with Crippen LogP contribution in [0.1, 0.15) is 36.8 Å². The van der Waals surface area contributed by atoms with Crippen LogP contribution in [0.5, 0.6) is 0 Å². The van der Waals surface area contributed by atoms with E-state index in [4.69, 9.17) is 22.1 Å². The van der Waals surface area contributed by atoms with E-state index in [0.29, 0.717) is 18.2 Å². The van der Waals surface area contributed by atoms with E-state index in [2.05, 4.69) is 5.10 Å². The van der Waals surface area contributed by atoms with Crippen molar-refractivity contribution < 1.29 is 19.1 Å². The number of hydrogen-bond donors (Lipinski definition) is 2. The molecule has 0 unspecified atom stereocenters. The first kappa shape index (κ1) is 18.0. The fourth-order valence-corrected chi connectivity index (χ4v) is 2.07. The average molecular weight is 331 g/mol. The Balaban J connectivity index is 2.88. The first-order chi connectivity index (χ1) is 10.1. The molecule has 0 radical (unpaired) electrons. The van der Waals surface area contributed by atoms with Gasteiger partial charge >= 0.3 is 12.0 Å². The number of nitrogens with one attached hydrogen (secondary N) is 1. The van der Waals surface area contributed by atoms with E-state index in [1.54, 1.807) is 6.92 Å². The van der Waals surface area contributed by atoms with E-state index in [-0.39, 0.29) is 10.7 Å². The number of urea groups is 1. The Kier molecular flexibility index (Phi) is 5.92. The summed E-state index contributed by atoms with van der Waals surface area (Å²) in [6, 6.07) is -1.02. The SMILES string of the molecule is Cc1nn(CC(C)C)c(Cl)c1C(=O)O[C@@H](C)C(=O)NC(N)=O. The smallest absolute Gasteiger partial charge is 0.343 e. The largest absolute Gasteiger partial charge is 0.449 e. The molecule has 1 aromatic rings. The van der Waals surface area contributed by atoms with E-state index in [0.717, 1.165) is 0 Å². The molecular weight excluding hydrogens is 312 g/mol. The Morgan fingerprint density at radius 2 is 1.95 bits per heavy atom. The lowest BCUT2D eigenvalue weighted by molar-refractivity contribution is -0.127. The van der Waals surface area contributed by atoms with Gasteiger partial charge in [-0.1, -0.05) is 25.4 Å². The van der Waals surface area contributed by atoms with Gasteiger partial charge in [0.1, 0.15) is 10.7 Å². The lowest BCUT2D eigenvalue weighted by atomic mass is 10.2. The molecular formula is C13H19ClN4O4. The van der Waals surface area contributed by atoms with Gasteiger partial charge in [0.25, 0.3) is 5.91 Å². The predicted molar refractivity (Wildman–Crippen MR) is 79.4 cm³/mol. The topological polar surface area (TPSA) is 116 Å². The normalized spacial score (nSPS) is 12.1. The zero-order chi connectivity index (χ0) is 17.0. The number of carbonyl (C=O) groups excluding carboxylic acids is 3. The maximum Gasteiger partial charge on any atom is 0.343 e. The minimum atomic E-state index is -1.19. The molecule has 1 rings (SSSR count). The maximum atomic E-state index is 12.1. The van der Waals surface area contributed by atoms with E-state index >= 15 is 0 Å². The minimum absolute atomic E-state index is 0.0982. The van der Waals surface area contributed by atoms with Crippen molar-refractivity contribution in [3.05, 3.63) is 16.4 Å². The highest BCUT2D eigenvalue weighted by molar-refractivity contribution is 6.32. The van der Waals surface area contributed by atoms with Crippen LogP contribution in [0.2, 0.25) is 5.15 Å². The van der Waals surface area contributed by atoms with E-state index in [9.17, 15) is 14.4 Å². The number of ether oxygens (including phenoxy) is 1. The third-order valence-electron chi connectivity index (χ3n) is 2.71. The first-order valence-electron chi connectivity index (χ1n) is 6.67. The Morgan fingerprint density at radius 1 is 1.36 bits per heavy atom. The summed E-state index contributed by atoms with van der Waals surface area (Å²) >= 11 is 6.14. The summed E-state index contributed by atoms with van der Waals surface area (Å²) in [6.07, 6.45) is -1.19. The van der Waals surface area contributed by atoms with Gasteiger partial charge in [-0.3, -0.25) is 14.8 Å². The number of amides is 3. The fraction of sp³-hybridized carbons (Fsp3) is 0.538. The molecule has 0 aliphatic heterocycles. The summed E-state index contributed by atoms with van der Waals surface area (Å²) in [5, 5.41) is 6.16. The van der Waals surface area contributed by atoms with Crippen LogP contribution in [-0.4, -0.2) is 33.8 Å². The molecule has 3 amide bonds. The van der Waals surface area contributed by atoms with Gasteiger partial charge in [-0.05, 0) is 19.8 Å². The van der Waals surface area contributed by atoms with Crippen LogP contribution < -0.4 is 11.1 Å². The second-order valence-corrected chi connectivity index (χ2v) is 5.59. The Bertz CT molecular complexity index is 597. The number of halogens is 1. The summed E-state index contributed by atoms with van der Waals surface area (Å²) < 4.78 is 6.49. The number of rotatable bonds is 5. The molecule has 0 bridgehead atoms. The minimum Gasteiger partial charge on any atom is -0.449 e. The lowest BCUT2D eigenvalue weighted by Gasteiger charge is -2.12. The predicted octanol–water partition coefficient (Wildman–Crippen LogP) is 1.24. The summed E-state index contributed by atoms with van der Waals surface area (Å²) in [4.78, 5) is 34.2. The third kappa shape index (κ3) is 4.45. The van der Waals surface area contributed by atoms with Crippen LogP contribution in [0.25, 0.3) is 0 Å². The number of imide groups is 1. The van der Waals surface area contributed by atoms with E-state index in [1.165, 1.54) is 11.6 Å². The monoisotopic (exact) mass is 330 g/mol. The molecule has 8 nitrogen and oxygen atoms in total. The molecule has 0 saturated heterocycles. The molecule has 0 saturated carbocycles. The van der Waals surface area contributed by atoms with Gasteiger partial charge in [-0.15, -0.1) is 0 Å². The highest BCUT2D eigenvalue weighted by atomic mass is 35.5. The highest BCUT2D eigenvalue weighted by Gasteiger charge is 2.26. The molecule has 1 atom stereocenters. The van der Waals surface area contributed by atoms with Gasteiger partial charge in [0.15, 0.2) is 6.10 Å². The molecule has 1 aromatic heterocycles. The Labute approximate surface area is 132 Å². The number of carbonyl (C=O) groups is 3. The molecule has 9 heteroatoms. The van der Waals surface area contributed by atoms with Crippen LogP contribution in [0.4, 0.5) is 4.79 Å². The van der Waals surface area contributed by atoms with Crippen molar-refractivity contribution in [1.29, 1.82) is 0 Å².